The van der Waals surface area contributed by atoms with Crippen molar-refractivity contribution < 1.29 is 34.9 Å². The smallest absolute Gasteiger partial charge is 0.274 e. The Morgan fingerprint density at radius 2 is 2.12 bits per heavy atom. The number of nitro benzene ring substituents is 1. The van der Waals surface area contributed by atoms with Gasteiger partial charge in [-0.3, -0.25) is 14.9 Å². The van der Waals surface area contributed by atoms with Crippen molar-refractivity contribution in [2.24, 2.45) is 0 Å². The number of benzene rings is 1. The molecule has 1 amide bonds. The fourth-order valence-corrected chi connectivity index (χ4v) is 2.13. The van der Waals surface area contributed by atoms with Crippen LogP contribution in [0.2, 0.25) is 0 Å². The van der Waals surface area contributed by atoms with Gasteiger partial charge in [0.05, 0.1) is 23.2 Å². The lowest BCUT2D eigenvalue weighted by atomic mass is 10.1. The van der Waals surface area contributed by atoms with Crippen molar-refractivity contribution in [3.63, 3.8) is 0 Å². The van der Waals surface area contributed by atoms with Crippen LogP contribution in [0.5, 0.6) is 11.5 Å². The minimum Gasteiger partial charge on any atom is -0.504 e. The van der Waals surface area contributed by atoms with Crippen molar-refractivity contribution in [1.82, 2.24) is 5.32 Å². The number of nitrogens with one attached hydrogen (secondary N) is 1. The zero-order valence-corrected chi connectivity index (χ0v) is 12.3. The zero-order valence-electron chi connectivity index (χ0n) is 12.3. The minimum absolute atomic E-state index is 0.00334. The molecule has 0 spiro atoms. The highest BCUT2D eigenvalue weighted by Crippen LogP contribution is 2.33. The predicted molar refractivity (Wildman–Crippen MR) is 79.7 cm³/mol. The number of hydrogen-bond acceptors (Lipinski definition) is 8. The molecule has 0 aromatic heterocycles. The molecule has 5 N–H and O–H groups in total. The summed E-state index contributed by atoms with van der Waals surface area (Å²) in [6.45, 7) is -0.0201. The molecule has 0 bridgehead atoms. The summed E-state index contributed by atoms with van der Waals surface area (Å²) in [4.78, 5) is 21.9. The van der Waals surface area contributed by atoms with E-state index in [1.165, 1.54) is 12.2 Å². The average Bonchev–Trinajstić information content (AvgIpc) is 2.85. The molecule has 1 aromatic rings. The molecule has 10 nitrogen and oxygen atoms in total. The van der Waals surface area contributed by atoms with Gasteiger partial charge in [0, 0.05) is 12.6 Å². The molecule has 2 rings (SSSR count). The third kappa shape index (κ3) is 3.79. The first-order chi connectivity index (χ1) is 11.3. The molecule has 10 heteroatoms. The van der Waals surface area contributed by atoms with Crippen molar-refractivity contribution in [2.45, 2.75) is 18.3 Å². The molecule has 24 heavy (non-hydrogen) atoms. The fourth-order valence-electron chi connectivity index (χ4n) is 2.13. The van der Waals surface area contributed by atoms with Gasteiger partial charge in [-0.15, -0.1) is 0 Å². The standard InChI is InChI=1S/C14H16N2O8/c17-9-5-7(16(22)23)4-8(12(9)19)14(21)15-3-1-2-11-13(20)10(18)6-24-11/h1-2,4-5,10-11,13,17-20H,3,6H2,(H,15,21)/b2-1+/t10-,11+,13-/m0/s1. The number of aliphatic hydroxyl groups excluding tert-OH is 2. The normalized spacial score (nSPS) is 23.5. The summed E-state index contributed by atoms with van der Waals surface area (Å²) >= 11 is 0. The van der Waals surface area contributed by atoms with Crippen LogP contribution in [0.25, 0.3) is 0 Å². The van der Waals surface area contributed by atoms with Gasteiger partial charge >= 0.3 is 0 Å². The van der Waals surface area contributed by atoms with Gasteiger partial charge in [0.2, 0.25) is 0 Å². The number of aliphatic hydroxyl groups is 2. The topological polar surface area (TPSA) is 162 Å². The maximum Gasteiger partial charge on any atom is 0.274 e. The van der Waals surface area contributed by atoms with Crippen LogP contribution in [0.1, 0.15) is 10.4 Å². The summed E-state index contributed by atoms with van der Waals surface area (Å²) in [7, 11) is 0. The van der Waals surface area contributed by atoms with Gasteiger partial charge in [0.1, 0.15) is 18.3 Å². The number of phenols is 2. The molecule has 0 aliphatic carbocycles. The van der Waals surface area contributed by atoms with Crippen molar-refractivity contribution in [1.29, 1.82) is 0 Å². The molecule has 130 valence electrons. The quantitative estimate of drug-likeness (QED) is 0.206. The van der Waals surface area contributed by atoms with Crippen LogP contribution in [0.15, 0.2) is 24.3 Å². The van der Waals surface area contributed by atoms with Crippen molar-refractivity contribution in [3.05, 3.63) is 40.0 Å². The van der Waals surface area contributed by atoms with Crippen molar-refractivity contribution in [3.8, 4) is 11.5 Å². The van der Waals surface area contributed by atoms with E-state index in [4.69, 9.17) is 4.74 Å². The Balaban J connectivity index is 1.99. The van der Waals surface area contributed by atoms with Crippen LogP contribution in [-0.4, -0.2) is 62.7 Å². The number of amides is 1. The van der Waals surface area contributed by atoms with Gasteiger partial charge in [-0.1, -0.05) is 12.2 Å². The van der Waals surface area contributed by atoms with Crippen molar-refractivity contribution in [2.75, 3.05) is 13.2 Å². The first-order valence-electron chi connectivity index (χ1n) is 6.94. The third-order valence-electron chi connectivity index (χ3n) is 3.43. The van der Waals surface area contributed by atoms with Crippen LogP contribution >= 0.6 is 0 Å². The molecular formula is C14H16N2O8. The maximum atomic E-state index is 11.9. The minimum atomic E-state index is -1.06. The zero-order chi connectivity index (χ0) is 17.9. The van der Waals surface area contributed by atoms with E-state index < -0.39 is 51.9 Å². The Morgan fingerprint density at radius 1 is 1.42 bits per heavy atom. The number of carbonyl (C=O) groups excluding carboxylic acids is 1. The Bertz CT molecular complexity index is 675. The molecule has 1 aromatic carbocycles. The van der Waals surface area contributed by atoms with Crippen LogP contribution in [-0.2, 0) is 4.74 Å². The fraction of sp³-hybridized carbons (Fsp3) is 0.357. The second kappa shape index (κ2) is 7.25. The first kappa shape index (κ1) is 17.7. The number of phenolic OH excluding ortho intramolecular Hbond substituents is 2. The average molecular weight is 340 g/mol. The number of nitro groups is 1. The van der Waals surface area contributed by atoms with Gasteiger partial charge in [-0.25, -0.2) is 0 Å². The molecule has 0 saturated carbocycles. The Kier molecular flexibility index (Phi) is 5.34. The lowest BCUT2D eigenvalue weighted by molar-refractivity contribution is -0.385. The third-order valence-corrected chi connectivity index (χ3v) is 3.43. The van der Waals surface area contributed by atoms with E-state index in [0.717, 1.165) is 12.1 Å². The second-order valence-corrected chi connectivity index (χ2v) is 5.11. The van der Waals surface area contributed by atoms with E-state index in [2.05, 4.69) is 5.32 Å². The highest BCUT2D eigenvalue weighted by atomic mass is 16.6. The summed E-state index contributed by atoms with van der Waals surface area (Å²) in [6.07, 6.45) is 0.172. The van der Waals surface area contributed by atoms with Crippen LogP contribution < -0.4 is 5.32 Å². The van der Waals surface area contributed by atoms with E-state index in [1.807, 2.05) is 0 Å². The predicted octanol–water partition coefficient (Wildman–Crippen LogP) is -0.587. The van der Waals surface area contributed by atoms with E-state index in [-0.39, 0.29) is 13.2 Å². The maximum absolute atomic E-state index is 11.9. The summed E-state index contributed by atoms with van der Waals surface area (Å²) in [5, 5.41) is 51.0. The number of rotatable bonds is 5. The van der Waals surface area contributed by atoms with Crippen LogP contribution in [0.4, 0.5) is 5.69 Å². The van der Waals surface area contributed by atoms with E-state index in [9.17, 15) is 35.3 Å². The van der Waals surface area contributed by atoms with Crippen LogP contribution in [0, 0.1) is 10.1 Å². The Morgan fingerprint density at radius 3 is 2.71 bits per heavy atom. The second-order valence-electron chi connectivity index (χ2n) is 5.11. The Labute approximate surface area is 135 Å². The summed E-state index contributed by atoms with van der Waals surface area (Å²) in [5.74, 6) is -2.37. The summed E-state index contributed by atoms with van der Waals surface area (Å²) in [6, 6.07) is 1.57. The van der Waals surface area contributed by atoms with E-state index >= 15 is 0 Å². The SMILES string of the molecule is O=C(NC/C=C/[C@H]1OC[C@H](O)[C@@H]1O)c1cc([N+](=O)[O-])cc(O)c1O. The van der Waals surface area contributed by atoms with E-state index in [1.54, 1.807) is 0 Å². The molecule has 1 saturated heterocycles. The molecule has 1 fully saturated rings. The van der Waals surface area contributed by atoms with Crippen molar-refractivity contribution >= 4 is 11.6 Å². The lowest BCUT2D eigenvalue weighted by Gasteiger charge is -2.10. The van der Waals surface area contributed by atoms with Gasteiger partial charge < -0.3 is 30.5 Å². The molecule has 1 aliphatic rings. The summed E-state index contributed by atoms with van der Waals surface area (Å²) < 4.78 is 5.10. The molecule has 0 radical (unpaired) electrons. The highest BCUT2D eigenvalue weighted by molar-refractivity contribution is 5.98. The molecule has 0 unspecified atom stereocenters. The number of non-ortho nitro benzene ring substituents is 1. The number of hydrogen-bond donors (Lipinski definition) is 5. The first-order valence-corrected chi connectivity index (χ1v) is 6.94. The monoisotopic (exact) mass is 340 g/mol. The highest BCUT2D eigenvalue weighted by Gasteiger charge is 2.32. The molecule has 1 heterocycles. The molecule has 1 aliphatic heterocycles. The molecular weight excluding hydrogens is 324 g/mol. The molecule has 3 atom stereocenters. The van der Waals surface area contributed by atoms with Gasteiger partial charge in [-0.2, -0.15) is 0 Å². The Hall–Kier alpha value is -2.69. The summed E-state index contributed by atoms with van der Waals surface area (Å²) in [5.41, 5.74) is -0.981. The van der Waals surface area contributed by atoms with Gasteiger partial charge in [0.15, 0.2) is 11.5 Å². The number of nitrogens with zero attached hydrogens (tertiary/aromatic N) is 1. The number of carbonyl (C=O) groups is 1. The largest absolute Gasteiger partial charge is 0.504 e. The number of aromatic hydroxyl groups is 2. The van der Waals surface area contributed by atoms with E-state index in [0.29, 0.717) is 0 Å². The number of ether oxygens (including phenoxy) is 1. The van der Waals surface area contributed by atoms with Gasteiger partial charge in [0.25, 0.3) is 11.6 Å². The lowest BCUT2D eigenvalue weighted by Crippen LogP contribution is -2.29. The van der Waals surface area contributed by atoms with Gasteiger partial charge in [-0.05, 0) is 0 Å². The van der Waals surface area contributed by atoms with Crippen LogP contribution in [0.3, 0.4) is 0 Å².